The maximum Gasteiger partial charge on any atom is 0.234 e. The summed E-state index contributed by atoms with van der Waals surface area (Å²) >= 11 is 4.74. The van der Waals surface area contributed by atoms with Gasteiger partial charge in [0.05, 0.1) is 5.75 Å². The third-order valence-electron chi connectivity index (χ3n) is 2.36. The molecule has 0 atom stereocenters. The van der Waals surface area contributed by atoms with Gasteiger partial charge in [-0.3, -0.25) is 4.79 Å². The Balaban J connectivity index is 1.88. The molecule has 2 rings (SSSR count). The van der Waals surface area contributed by atoms with Gasteiger partial charge in [0.15, 0.2) is 5.16 Å². The lowest BCUT2D eigenvalue weighted by atomic mass is 10.3. The highest BCUT2D eigenvalue weighted by Crippen LogP contribution is 2.17. The summed E-state index contributed by atoms with van der Waals surface area (Å²) < 4.78 is 2.83. The Bertz CT molecular complexity index is 572. The highest BCUT2D eigenvalue weighted by Gasteiger charge is 2.08. The number of carbonyl (C=O) groups is 1. The number of hydrogen-bond donors (Lipinski definition) is 1. The number of aromatic nitrogens is 3. The second-order valence-corrected chi connectivity index (χ2v) is 5.60. The van der Waals surface area contributed by atoms with Gasteiger partial charge < -0.3 is 9.88 Å². The molecule has 1 amide bonds. The predicted octanol–water partition coefficient (Wildman–Crippen LogP) is 2.79. The first-order valence-electron chi connectivity index (χ1n) is 5.75. The summed E-state index contributed by atoms with van der Waals surface area (Å²) in [6, 6.07) is 7.49. The minimum atomic E-state index is -0.0613. The van der Waals surface area contributed by atoms with Crippen molar-refractivity contribution in [3.8, 4) is 0 Å². The minimum Gasteiger partial charge on any atom is -0.325 e. The zero-order chi connectivity index (χ0) is 13.7. The van der Waals surface area contributed by atoms with Crippen LogP contribution in [0.15, 0.2) is 40.2 Å². The molecule has 0 saturated carbocycles. The fraction of sp³-hybridized carbons (Fsp3) is 0.250. The third kappa shape index (κ3) is 4.07. The van der Waals surface area contributed by atoms with E-state index in [0.717, 1.165) is 21.9 Å². The number of nitrogens with one attached hydrogen (secondary N) is 1. The molecule has 0 saturated heterocycles. The highest BCUT2D eigenvalue weighted by molar-refractivity contribution is 9.10. The van der Waals surface area contributed by atoms with E-state index in [2.05, 4.69) is 31.4 Å². The minimum absolute atomic E-state index is 0.0613. The van der Waals surface area contributed by atoms with Gasteiger partial charge in [-0.15, -0.1) is 10.2 Å². The predicted molar refractivity (Wildman–Crippen MR) is 79.2 cm³/mol. The fourth-order valence-corrected chi connectivity index (χ4v) is 2.65. The van der Waals surface area contributed by atoms with Gasteiger partial charge >= 0.3 is 0 Å². The lowest BCUT2D eigenvalue weighted by molar-refractivity contribution is -0.113. The van der Waals surface area contributed by atoms with Crippen molar-refractivity contribution in [2.75, 3.05) is 11.1 Å². The number of thioether (sulfide) groups is 1. The molecule has 0 spiro atoms. The topological polar surface area (TPSA) is 59.8 Å². The van der Waals surface area contributed by atoms with Crippen LogP contribution < -0.4 is 5.32 Å². The first-order valence-corrected chi connectivity index (χ1v) is 7.53. The summed E-state index contributed by atoms with van der Waals surface area (Å²) in [5.74, 6) is 0.249. The fourth-order valence-electron chi connectivity index (χ4n) is 1.47. The van der Waals surface area contributed by atoms with Gasteiger partial charge in [0.1, 0.15) is 6.33 Å². The van der Waals surface area contributed by atoms with E-state index < -0.39 is 0 Å². The number of halogens is 1. The number of anilines is 1. The lowest BCUT2D eigenvalue weighted by Crippen LogP contribution is -2.14. The van der Waals surface area contributed by atoms with Crippen LogP contribution in [-0.2, 0) is 11.3 Å². The Kier molecular flexibility index (Phi) is 4.98. The summed E-state index contributed by atoms with van der Waals surface area (Å²) in [5.41, 5.74) is 0.775. The van der Waals surface area contributed by atoms with Crippen LogP contribution in [0, 0.1) is 0 Å². The Hall–Kier alpha value is -1.34. The molecule has 5 nitrogen and oxygen atoms in total. The first kappa shape index (κ1) is 14.1. The van der Waals surface area contributed by atoms with Gasteiger partial charge in [-0.2, -0.15) is 0 Å². The van der Waals surface area contributed by atoms with Gasteiger partial charge in [0.2, 0.25) is 5.91 Å². The molecule has 1 N–H and O–H groups in total. The van der Waals surface area contributed by atoms with Crippen LogP contribution in [-0.4, -0.2) is 26.4 Å². The normalized spacial score (nSPS) is 10.4. The molecule has 0 aliphatic carbocycles. The summed E-state index contributed by atoms with van der Waals surface area (Å²) in [6.07, 6.45) is 1.66. The quantitative estimate of drug-likeness (QED) is 0.850. The summed E-state index contributed by atoms with van der Waals surface area (Å²) in [4.78, 5) is 11.8. The number of amides is 1. The van der Waals surface area contributed by atoms with Gasteiger partial charge in [0, 0.05) is 16.7 Å². The molecule has 7 heteroatoms. The molecule has 0 unspecified atom stereocenters. The maximum absolute atomic E-state index is 11.8. The first-order chi connectivity index (χ1) is 9.19. The molecule has 100 valence electrons. The van der Waals surface area contributed by atoms with E-state index in [1.807, 2.05) is 35.8 Å². The second-order valence-electron chi connectivity index (χ2n) is 3.75. The Morgan fingerprint density at radius 2 is 2.37 bits per heavy atom. The molecular weight excluding hydrogens is 328 g/mol. The van der Waals surface area contributed by atoms with Crippen LogP contribution >= 0.6 is 27.7 Å². The maximum atomic E-state index is 11.8. The number of hydrogen-bond acceptors (Lipinski definition) is 4. The number of rotatable bonds is 5. The van der Waals surface area contributed by atoms with Crippen molar-refractivity contribution in [1.82, 2.24) is 14.8 Å². The van der Waals surface area contributed by atoms with Crippen LogP contribution in [0.3, 0.4) is 0 Å². The molecule has 19 heavy (non-hydrogen) atoms. The van der Waals surface area contributed by atoms with E-state index in [-0.39, 0.29) is 5.91 Å². The number of benzene rings is 1. The van der Waals surface area contributed by atoms with Crippen LogP contribution in [0.25, 0.3) is 0 Å². The highest BCUT2D eigenvalue weighted by atomic mass is 79.9. The van der Waals surface area contributed by atoms with Crippen molar-refractivity contribution >= 4 is 39.3 Å². The number of nitrogens with zero attached hydrogens (tertiary/aromatic N) is 3. The van der Waals surface area contributed by atoms with Gasteiger partial charge in [-0.05, 0) is 25.1 Å². The van der Waals surface area contributed by atoms with Crippen molar-refractivity contribution in [1.29, 1.82) is 0 Å². The van der Waals surface area contributed by atoms with E-state index in [1.165, 1.54) is 11.8 Å². The van der Waals surface area contributed by atoms with Crippen molar-refractivity contribution in [2.24, 2.45) is 0 Å². The lowest BCUT2D eigenvalue weighted by Gasteiger charge is -2.05. The zero-order valence-electron chi connectivity index (χ0n) is 10.3. The van der Waals surface area contributed by atoms with Crippen molar-refractivity contribution < 1.29 is 4.79 Å². The molecular formula is C12H13BrN4OS. The molecule has 1 aromatic heterocycles. The van der Waals surface area contributed by atoms with Crippen LogP contribution in [0.5, 0.6) is 0 Å². The van der Waals surface area contributed by atoms with Crippen LogP contribution in [0.2, 0.25) is 0 Å². The molecule has 0 radical (unpaired) electrons. The molecule has 0 bridgehead atoms. The van der Waals surface area contributed by atoms with Crippen LogP contribution in [0.1, 0.15) is 6.92 Å². The SMILES string of the molecule is CCn1cnnc1SCC(=O)Nc1cccc(Br)c1. The summed E-state index contributed by atoms with van der Waals surface area (Å²) in [7, 11) is 0. The van der Waals surface area contributed by atoms with Crippen molar-refractivity contribution in [3.05, 3.63) is 35.1 Å². The molecule has 0 fully saturated rings. The second kappa shape index (κ2) is 6.72. The standard InChI is InChI=1S/C12H13BrN4OS/c1-2-17-8-14-16-12(17)19-7-11(18)15-10-5-3-4-9(13)6-10/h3-6,8H,2,7H2,1H3,(H,15,18). The molecule has 0 aliphatic heterocycles. The monoisotopic (exact) mass is 340 g/mol. The Labute approximate surface area is 123 Å². The van der Waals surface area contributed by atoms with E-state index in [1.54, 1.807) is 6.33 Å². The Morgan fingerprint density at radius 3 is 3.11 bits per heavy atom. The molecule has 2 aromatic rings. The summed E-state index contributed by atoms with van der Waals surface area (Å²) in [5, 5.41) is 11.4. The van der Waals surface area contributed by atoms with E-state index in [4.69, 9.17) is 0 Å². The van der Waals surface area contributed by atoms with Gasteiger partial charge in [-0.1, -0.05) is 33.8 Å². The third-order valence-corrected chi connectivity index (χ3v) is 3.84. The van der Waals surface area contributed by atoms with Crippen molar-refractivity contribution in [3.63, 3.8) is 0 Å². The summed E-state index contributed by atoms with van der Waals surface area (Å²) in [6.45, 7) is 2.80. The molecule has 1 heterocycles. The van der Waals surface area contributed by atoms with Gasteiger partial charge in [0.25, 0.3) is 0 Å². The van der Waals surface area contributed by atoms with E-state index >= 15 is 0 Å². The van der Waals surface area contributed by atoms with Crippen molar-refractivity contribution in [2.45, 2.75) is 18.6 Å². The molecule has 0 aliphatic rings. The van der Waals surface area contributed by atoms with Crippen LogP contribution in [0.4, 0.5) is 5.69 Å². The smallest absolute Gasteiger partial charge is 0.234 e. The average molecular weight is 341 g/mol. The molecule has 1 aromatic carbocycles. The van der Waals surface area contributed by atoms with E-state index in [0.29, 0.717) is 5.75 Å². The average Bonchev–Trinajstić information content (AvgIpc) is 2.83. The number of aryl methyl sites for hydroxylation is 1. The largest absolute Gasteiger partial charge is 0.325 e. The Morgan fingerprint density at radius 1 is 1.53 bits per heavy atom. The number of carbonyl (C=O) groups excluding carboxylic acids is 1. The van der Waals surface area contributed by atoms with Gasteiger partial charge in [-0.25, -0.2) is 0 Å². The van der Waals surface area contributed by atoms with E-state index in [9.17, 15) is 4.79 Å². The zero-order valence-corrected chi connectivity index (χ0v) is 12.7.